The van der Waals surface area contributed by atoms with E-state index in [0.29, 0.717) is 0 Å². The van der Waals surface area contributed by atoms with Gasteiger partial charge in [-0.3, -0.25) is 9.69 Å². The molecule has 1 spiro atoms. The highest BCUT2D eigenvalue weighted by atomic mass is 16.3. The fourth-order valence-electron chi connectivity index (χ4n) is 4.93. The fourth-order valence-corrected chi connectivity index (χ4v) is 4.93. The Morgan fingerprint density at radius 3 is 2.43 bits per heavy atom. The molecule has 2 aromatic rings. The van der Waals surface area contributed by atoms with Crippen LogP contribution >= 0.6 is 0 Å². The highest BCUT2D eigenvalue weighted by Gasteiger charge is 2.44. The van der Waals surface area contributed by atoms with Gasteiger partial charge in [0.05, 0.1) is 6.10 Å². The number of likely N-dealkylation sites (tertiary alicyclic amines) is 1. The maximum absolute atomic E-state index is 10.5. The van der Waals surface area contributed by atoms with Crippen molar-refractivity contribution in [1.29, 1.82) is 0 Å². The maximum atomic E-state index is 10.5. The van der Waals surface area contributed by atoms with Crippen molar-refractivity contribution in [1.82, 2.24) is 4.90 Å². The van der Waals surface area contributed by atoms with Gasteiger partial charge in [0.15, 0.2) is 0 Å². The molecule has 0 aromatic heterocycles. The minimum atomic E-state index is -0.250. The van der Waals surface area contributed by atoms with Crippen LogP contribution in [0.25, 0.3) is 11.1 Å². The third-order valence-corrected chi connectivity index (χ3v) is 6.36. The standard InChI is InChI=1S/C23H29NO.CH2O2/c1-18-6-2-3-7-21(18)20-11-9-19(10-12-20)16-24-15-5-14-23(17-24)13-4-8-22(23)25;2-1-3/h2-3,6-7,9-12,22,25H,4-5,8,13-17H2,1H3;1H,(H,2,3)/t22-,23-;/m1./s1. The van der Waals surface area contributed by atoms with Gasteiger partial charge in [-0.15, -0.1) is 0 Å². The van der Waals surface area contributed by atoms with Crippen molar-refractivity contribution in [2.45, 2.75) is 51.7 Å². The first-order valence-corrected chi connectivity index (χ1v) is 10.2. The molecule has 1 saturated heterocycles. The number of rotatable bonds is 3. The molecule has 2 fully saturated rings. The van der Waals surface area contributed by atoms with E-state index in [2.05, 4.69) is 60.4 Å². The summed E-state index contributed by atoms with van der Waals surface area (Å²) >= 11 is 0. The van der Waals surface area contributed by atoms with Gasteiger partial charge in [0, 0.05) is 18.5 Å². The molecule has 4 nitrogen and oxygen atoms in total. The van der Waals surface area contributed by atoms with E-state index in [1.807, 2.05) is 0 Å². The molecular weight excluding hydrogens is 350 g/mol. The first kappa shape index (κ1) is 20.6. The van der Waals surface area contributed by atoms with Crippen molar-refractivity contribution in [2.75, 3.05) is 13.1 Å². The second kappa shape index (κ2) is 9.35. The van der Waals surface area contributed by atoms with E-state index in [1.165, 1.54) is 47.9 Å². The molecule has 1 saturated carbocycles. The molecule has 28 heavy (non-hydrogen) atoms. The summed E-state index contributed by atoms with van der Waals surface area (Å²) < 4.78 is 0. The van der Waals surface area contributed by atoms with Crippen molar-refractivity contribution < 1.29 is 15.0 Å². The Labute approximate surface area is 167 Å². The molecule has 4 rings (SSSR count). The SMILES string of the molecule is Cc1ccccc1-c1ccc(CN2CCC[C@]3(CCC[C@H]3O)C2)cc1.O=CO. The average Bonchev–Trinajstić information content (AvgIpc) is 3.03. The number of aryl methyl sites for hydroxylation is 1. The van der Waals surface area contributed by atoms with E-state index in [4.69, 9.17) is 9.90 Å². The molecule has 2 atom stereocenters. The third kappa shape index (κ3) is 4.62. The summed E-state index contributed by atoms with van der Waals surface area (Å²) in [6.07, 6.45) is 5.74. The van der Waals surface area contributed by atoms with Crippen molar-refractivity contribution >= 4 is 6.47 Å². The Bertz CT molecular complexity index is 774. The number of nitrogens with zero attached hydrogens (tertiary/aromatic N) is 1. The lowest BCUT2D eigenvalue weighted by Gasteiger charge is -2.42. The van der Waals surface area contributed by atoms with E-state index in [9.17, 15) is 5.11 Å². The molecule has 150 valence electrons. The predicted octanol–water partition coefficient (Wildman–Crippen LogP) is 4.49. The van der Waals surface area contributed by atoms with Crippen LogP contribution in [-0.4, -0.2) is 40.8 Å². The van der Waals surface area contributed by atoms with Crippen LogP contribution < -0.4 is 0 Å². The lowest BCUT2D eigenvalue weighted by molar-refractivity contribution is -0.122. The maximum Gasteiger partial charge on any atom is 0.290 e. The Kier molecular flexibility index (Phi) is 6.87. The van der Waals surface area contributed by atoms with Gasteiger partial charge < -0.3 is 10.2 Å². The van der Waals surface area contributed by atoms with E-state index in [0.717, 1.165) is 26.1 Å². The monoisotopic (exact) mass is 381 g/mol. The Morgan fingerprint density at radius 2 is 1.79 bits per heavy atom. The smallest absolute Gasteiger partial charge is 0.290 e. The highest BCUT2D eigenvalue weighted by Crippen LogP contribution is 2.45. The number of hydrogen-bond acceptors (Lipinski definition) is 3. The van der Waals surface area contributed by atoms with E-state index in [-0.39, 0.29) is 18.0 Å². The Hall–Kier alpha value is -2.17. The van der Waals surface area contributed by atoms with E-state index in [1.54, 1.807) is 0 Å². The highest BCUT2D eigenvalue weighted by molar-refractivity contribution is 5.67. The summed E-state index contributed by atoms with van der Waals surface area (Å²) in [5.41, 5.74) is 5.49. The molecular formula is C24H31NO3. The number of aliphatic hydroxyl groups excluding tert-OH is 1. The molecule has 2 N–H and O–H groups in total. The molecule has 1 aliphatic heterocycles. The van der Waals surface area contributed by atoms with Crippen LogP contribution in [0.3, 0.4) is 0 Å². The summed E-state index contributed by atoms with van der Waals surface area (Å²) in [5, 5.41) is 17.3. The molecule has 4 heteroatoms. The quantitative estimate of drug-likeness (QED) is 0.769. The Balaban J connectivity index is 0.000000706. The zero-order valence-corrected chi connectivity index (χ0v) is 16.7. The van der Waals surface area contributed by atoms with Gasteiger partial charge in [0.2, 0.25) is 0 Å². The number of hydrogen-bond donors (Lipinski definition) is 2. The molecule has 2 aromatic carbocycles. The second-order valence-corrected chi connectivity index (χ2v) is 8.20. The summed E-state index contributed by atoms with van der Waals surface area (Å²) in [4.78, 5) is 10.9. The van der Waals surface area contributed by atoms with E-state index < -0.39 is 0 Å². The zero-order valence-electron chi connectivity index (χ0n) is 16.7. The van der Waals surface area contributed by atoms with Crippen molar-refractivity contribution in [3.63, 3.8) is 0 Å². The average molecular weight is 382 g/mol. The summed E-state index contributed by atoms with van der Waals surface area (Å²) in [7, 11) is 0. The number of carboxylic acid groups (broad SMARTS) is 1. The summed E-state index contributed by atoms with van der Waals surface area (Å²) in [6, 6.07) is 17.6. The lowest BCUT2D eigenvalue weighted by atomic mass is 9.76. The first-order valence-electron chi connectivity index (χ1n) is 10.2. The molecule has 0 unspecified atom stereocenters. The van der Waals surface area contributed by atoms with Crippen LogP contribution in [0.1, 0.15) is 43.2 Å². The first-order chi connectivity index (χ1) is 13.6. The lowest BCUT2D eigenvalue weighted by Crippen LogP contribution is -2.46. The van der Waals surface area contributed by atoms with Gasteiger partial charge in [-0.05, 0) is 61.4 Å². The topological polar surface area (TPSA) is 60.8 Å². The van der Waals surface area contributed by atoms with Crippen LogP contribution in [0.2, 0.25) is 0 Å². The van der Waals surface area contributed by atoms with Gasteiger partial charge in [-0.25, -0.2) is 0 Å². The van der Waals surface area contributed by atoms with Crippen molar-refractivity contribution in [3.05, 3.63) is 59.7 Å². The van der Waals surface area contributed by atoms with Crippen molar-refractivity contribution in [2.24, 2.45) is 5.41 Å². The zero-order chi connectivity index (χ0) is 20.0. The van der Waals surface area contributed by atoms with Crippen molar-refractivity contribution in [3.8, 4) is 11.1 Å². The number of benzene rings is 2. The molecule has 0 bridgehead atoms. The molecule has 0 amide bonds. The second-order valence-electron chi connectivity index (χ2n) is 8.20. The van der Waals surface area contributed by atoms with Gasteiger partial charge in [-0.2, -0.15) is 0 Å². The molecule has 1 aliphatic carbocycles. The van der Waals surface area contributed by atoms with Gasteiger partial charge in [0.25, 0.3) is 6.47 Å². The predicted molar refractivity (Wildman–Crippen MR) is 112 cm³/mol. The molecule has 0 radical (unpaired) electrons. The number of carbonyl (C=O) groups is 1. The van der Waals surface area contributed by atoms with Gasteiger partial charge in [-0.1, -0.05) is 55.0 Å². The summed E-state index contributed by atoms with van der Waals surface area (Å²) in [5.74, 6) is 0. The summed E-state index contributed by atoms with van der Waals surface area (Å²) in [6.45, 7) is 5.15. The third-order valence-electron chi connectivity index (χ3n) is 6.36. The van der Waals surface area contributed by atoms with Crippen LogP contribution in [0, 0.1) is 12.3 Å². The number of aliphatic hydroxyl groups is 1. The Morgan fingerprint density at radius 1 is 1.11 bits per heavy atom. The largest absolute Gasteiger partial charge is 0.483 e. The minimum Gasteiger partial charge on any atom is -0.483 e. The van der Waals surface area contributed by atoms with Gasteiger partial charge in [0.1, 0.15) is 0 Å². The van der Waals surface area contributed by atoms with Crippen LogP contribution in [0.4, 0.5) is 0 Å². The normalized spacial score (nSPS) is 24.6. The molecule has 2 aliphatic rings. The van der Waals surface area contributed by atoms with Crippen LogP contribution in [0.5, 0.6) is 0 Å². The minimum absolute atomic E-state index is 0.0845. The fraction of sp³-hybridized carbons (Fsp3) is 0.458. The number of piperidine rings is 1. The van der Waals surface area contributed by atoms with Crippen LogP contribution in [0.15, 0.2) is 48.5 Å². The van der Waals surface area contributed by atoms with Crippen LogP contribution in [-0.2, 0) is 11.3 Å². The van der Waals surface area contributed by atoms with E-state index >= 15 is 0 Å². The molecule has 1 heterocycles. The van der Waals surface area contributed by atoms with Gasteiger partial charge >= 0.3 is 0 Å².